The number of rotatable bonds is 4. The molecule has 0 fully saturated rings. The molecule has 0 aliphatic carbocycles. The molecule has 0 radical (unpaired) electrons. The lowest BCUT2D eigenvalue weighted by atomic mass is 10.2. The summed E-state index contributed by atoms with van der Waals surface area (Å²) >= 11 is 0. The maximum Gasteiger partial charge on any atom is 0.272 e. The van der Waals surface area contributed by atoms with Crippen LogP contribution in [0.1, 0.15) is 30.0 Å². The third-order valence-corrected chi connectivity index (χ3v) is 2.57. The summed E-state index contributed by atoms with van der Waals surface area (Å²) in [7, 11) is 1.71. The summed E-state index contributed by atoms with van der Waals surface area (Å²) in [6.07, 6.45) is 0. The van der Waals surface area contributed by atoms with Crippen LogP contribution >= 0.6 is 0 Å². The lowest BCUT2D eigenvalue weighted by Crippen LogP contribution is -2.43. The second-order valence-electron chi connectivity index (χ2n) is 4.41. The Balaban J connectivity index is 3.00. The topological polar surface area (TPSA) is 96.7 Å². The number of amides is 1. The molecule has 0 saturated heterocycles. The molecule has 1 amide bonds. The third-order valence-electron chi connectivity index (χ3n) is 2.57. The maximum atomic E-state index is 12.3. The van der Waals surface area contributed by atoms with Crippen LogP contribution in [0.5, 0.6) is 0 Å². The summed E-state index contributed by atoms with van der Waals surface area (Å²) < 4.78 is 1.53. The number of oxime groups is 1. The van der Waals surface area contributed by atoms with Crippen LogP contribution < -0.4 is 5.73 Å². The Bertz CT molecular complexity index is 464. The Morgan fingerprint density at radius 3 is 2.67 bits per heavy atom. The minimum Gasteiger partial charge on any atom is -0.409 e. The highest BCUT2D eigenvalue weighted by atomic mass is 16.4. The minimum atomic E-state index is -0.195. The highest BCUT2D eigenvalue weighted by Gasteiger charge is 2.22. The highest BCUT2D eigenvalue weighted by molar-refractivity contribution is 5.96. The number of hydrogen-bond donors (Lipinski definition) is 2. The zero-order valence-corrected chi connectivity index (χ0v) is 11.1. The summed E-state index contributed by atoms with van der Waals surface area (Å²) in [5.74, 6) is -0.198. The molecule has 1 aromatic rings. The lowest BCUT2D eigenvalue weighted by Gasteiger charge is -2.25. The van der Waals surface area contributed by atoms with Gasteiger partial charge in [0.25, 0.3) is 5.91 Å². The van der Waals surface area contributed by atoms with Gasteiger partial charge in [0.05, 0.1) is 12.2 Å². The molecule has 1 rings (SSSR count). The van der Waals surface area contributed by atoms with E-state index in [0.717, 1.165) is 5.69 Å². The van der Waals surface area contributed by atoms with E-state index in [4.69, 9.17) is 10.9 Å². The predicted octanol–water partition coefficient (Wildman–Crippen LogP) is 0.326. The fourth-order valence-corrected chi connectivity index (χ4v) is 1.65. The fraction of sp³-hybridized carbons (Fsp3) is 0.545. The van der Waals surface area contributed by atoms with Gasteiger partial charge in [-0.2, -0.15) is 5.10 Å². The molecule has 0 aromatic carbocycles. The summed E-state index contributed by atoms with van der Waals surface area (Å²) in [6.45, 7) is 5.63. The van der Waals surface area contributed by atoms with Crippen molar-refractivity contribution < 1.29 is 10.0 Å². The van der Waals surface area contributed by atoms with E-state index in [-0.39, 0.29) is 24.3 Å². The molecule has 0 saturated carbocycles. The van der Waals surface area contributed by atoms with E-state index in [9.17, 15) is 4.79 Å². The van der Waals surface area contributed by atoms with Crippen LogP contribution in [-0.4, -0.2) is 44.2 Å². The molecule has 7 heteroatoms. The SMILES string of the molecule is Cc1cc(C(=O)N(CC(N)=NO)C(C)C)n(C)n1. The normalized spacial score (nSPS) is 11.9. The molecule has 0 unspecified atom stereocenters. The number of amidine groups is 1. The van der Waals surface area contributed by atoms with Crippen molar-refractivity contribution in [2.24, 2.45) is 17.9 Å². The summed E-state index contributed by atoms with van der Waals surface area (Å²) in [5.41, 5.74) is 6.70. The van der Waals surface area contributed by atoms with Crippen LogP contribution in [-0.2, 0) is 7.05 Å². The molecule has 18 heavy (non-hydrogen) atoms. The van der Waals surface area contributed by atoms with Crippen molar-refractivity contribution in [2.45, 2.75) is 26.8 Å². The van der Waals surface area contributed by atoms with E-state index in [2.05, 4.69) is 10.3 Å². The van der Waals surface area contributed by atoms with Gasteiger partial charge in [-0.3, -0.25) is 9.48 Å². The molecule has 0 bridgehead atoms. The van der Waals surface area contributed by atoms with Gasteiger partial charge in [0, 0.05) is 13.1 Å². The summed E-state index contributed by atoms with van der Waals surface area (Å²) in [4.78, 5) is 13.9. The van der Waals surface area contributed by atoms with Crippen molar-refractivity contribution in [3.05, 3.63) is 17.5 Å². The second-order valence-corrected chi connectivity index (χ2v) is 4.41. The van der Waals surface area contributed by atoms with E-state index in [1.165, 1.54) is 9.58 Å². The quantitative estimate of drug-likeness (QED) is 0.349. The lowest BCUT2D eigenvalue weighted by molar-refractivity contribution is 0.0723. The average Bonchev–Trinajstić information content (AvgIpc) is 2.63. The van der Waals surface area contributed by atoms with E-state index in [1.807, 2.05) is 20.8 Å². The number of carbonyl (C=O) groups excluding carboxylic acids is 1. The first kappa shape index (κ1) is 14.0. The van der Waals surface area contributed by atoms with Gasteiger partial charge in [0.2, 0.25) is 0 Å². The van der Waals surface area contributed by atoms with Gasteiger partial charge in [-0.15, -0.1) is 0 Å². The van der Waals surface area contributed by atoms with E-state index >= 15 is 0 Å². The van der Waals surface area contributed by atoms with Crippen LogP contribution in [0.2, 0.25) is 0 Å². The number of nitrogens with zero attached hydrogens (tertiary/aromatic N) is 4. The van der Waals surface area contributed by atoms with Gasteiger partial charge < -0.3 is 15.8 Å². The first-order chi connectivity index (χ1) is 8.36. The van der Waals surface area contributed by atoms with Crippen molar-refractivity contribution in [1.82, 2.24) is 14.7 Å². The molecule has 3 N–H and O–H groups in total. The molecule has 1 aromatic heterocycles. The third kappa shape index (κ3) is 2.99. The van der Waals surface area contributed by atoms with Crippen molar-refractivity contribution in [3.8, 4) is 0 Å². The number of carbonyl (C=O) groups is 1. The summed E-state index contributed by atoms with van der Waals surface area (Å²) in [6, 6.07) is 1.65. The molecule has 7 nitrogen and oxygen atoms in total. The highest BCUT2D eigenvalue weighted by Crippen LogP contribution is 2.09. The van der Waals surface area contributed by atoms with E-state index in [1.54, 1.807) is 13.1 Å². The Morgan fingerprint density at radius 2 is 2.28 bits per heavy atom. The maximum absolute atomic E-state index is 12.3. The number of hydrogen-bond acceptors (Lipinski definition) is 4. The van der Waals surface area contributed by atoms with Crippen LogP contribution in [0.4, 0.5) is 0 Å². The predicted molar refractivity (Wildman–Crippen MR) is 67.5 cm³/mol. The van der Waals surface area contributed by atoms with Crippen LogP contribution in [0.3, 0.4) is 0 Å². The van der Waals surface area contributed by atoms with Gasteiger partial charge in [-0.1, -0.05) is 5.16 Å². The van der Waals surface area contributed by atoms with E-state index < -0.39 is 0 Å². The fourth-order valence-electron chi connectivity index (χ4n) is 1.65. The number of nitrogens with two attached hydrogens (primary N) is 1. The van der Waals surface area contributed by atoms with Gasteiger partial charge in [0.15, 0.2) is 5.84 Å². The van der Waals surface area contributed by atoms with Gasteiger partial charge in [0.1, 0.15) is 5.69 Å². The molecule has 0 atom stereocenters. The van der Waals surface area contributed by atoms with Gasteiger partial charge in [-0.25, -0.2) is 0 Å². The molecule has 0 aliphatic rings. The van der Waals surface area contributed by atoms with Gasteiger partial charge >= 0.3 is 0 Å². The number of aryl methyl sites for hydroxylation is 2. The zero-order chi connectivity index (χ0) is 13.9. The molecular weight excluding hydrogens is 234 g/mol. The van der Waals surface area contributed by atoms with Crippen molar-refractivity contribution in [3.63, 3.8) is 0 Å². The average molecular weight is 253 g/mol. The Hall–Kier alpha value is -2.05. The molecular formula is C11H19N5O2. The Kier molecular flexibility index (Phi) is 4.30. The van der Waals surface area contributed by atoms with E-state index in [0.29, 0.717) is 5.69 Å². The largest absolute Gasteiger partial charge is 0.409 e. The van der Waals surface area contributed by atoms with Crippen LogP contribution in [0.25, 0.3) is 0 Å². The molecule has 0 spiro atoms. The zero-order valence-electron chi connectivity index (χ0n) is 11.1. The van der Waals surface area contributed by atoms with Crippen LogP contribution in [0.15, 0.2) is 11.2 Å². The first-order valence-corrected chi connectivity index (χ1v) is 5.64. The summed E-state index contributed by atoms with van der Waals surface area (Å²) in [5, 5.41) is 15.6. The van der Waals surface area contributed by atoms with Crippen LogP contribution in [0, 0.1) is 6.92 Å². The standard InChI is InChI=1S/C11H19N5O2/c1-7(2)16(6-10(12)14-18)11(17)9-5-8(3)13-15(9)4/h5,7,18H,6H2,1-4H3,(H2,12,14). The van der Waals surface area contributed by atoms with Gasteiger partial charge in [-0.05, 0) is 26.8 Å². The smallest absolute Gasteiger partial charge is 0.272 e. The number of aromatic nitrogens is 2. The molecule has 1 heterocycles. The Morgan fingerprint density at radius 1 is 1.67 bits per heavy atom. The first-order valence-electron chi connectivity index (χ1n) is 5.64. The van der Waals surface area contributed by atoms with Crippen molar-refractivity contribution in [2.75, 3.05) is 6.54 Å². The second kappa shape index (κ2) is 5.52. The monoisotopic (exact) mass is 253 g/mol. The Labute approximate surface area is 106 Å². The van der Waals surface area contributed by atoms with Crippen molar-refractivity contribution >= 4 is 11.7 Å². The molecule has 0 aliphatic heterocycles. The van der Waals surface area contributed by atoms with Crippen molar-refractivity contribution in [1.29, 1.82) is 0 Å². The minimum absolute atomic E-state index is 0.00376. The molecule has 100 valence electrons.